The van der Waals surface area contributed by atoms with Crippen LogP contribution >= 0.6 is 0 Å². The zero-order valence-corrected chi connectivity index (χ0v) is 20.0. The van der Waals surface area contributed by atoms with E-state index in [0.29, 0.717) is 5.75 Å². The molecule has 6 aromatic rings. The molecule has 0 aliphatic carbocycles. The van der Waals surface area contributed by atoms with E-state index < -0.39 is 0 Å². The van der Waals surface area contributed by atoms with Crippen LogP contribution in [0.3, 0.4) is 0 Å². The van der Waals surface area contributed by atoms with Crippen molar-refractivity contribution in [2.45, 2.75) is 38.5 Å². The summed E-state index contributed by atoms with van der Waals surface area (Å²) in [6.07, 6.45) is 0. The fourth-order valence-electron chi connectivity index (χ4n) is 5.14. The van der Waals surface area contributed by atoms with E-state index in [1.807, 2.05) is 18.2 Å². The second kappa shape index (κ2) is 7.04. The van der Waals surface area contributed by atoms with Gasteiger partial charge < -0.3 is 5.11 Å². The lowest BCUT2D eigenvalue weighted by Crippen LogP contribution is -2.24. The summed E-state index contributed by atoms with van der Waals surface area (Å²) in [5, 5.41) is 11.7. The molecule has 0 atom stereocenters. The third-order valence-electron chi connectivity index (χ3n) is 7.51. The number of aromatic hydroxyl groups is 1. The topological polar surface area (TPSA) is 34.0 Å². The second-order valence-electron chi connectivity index (χ2n) is 10.2. The van der Waals surface area contributed by atoms with Gasteiger partial charge in [-0.05, 0) is 34.9 Å². The number of aromatic nitrogens is 3. The second-order valence-corrected chi connectivity index (χ2v) is 10.2. The average Bonchev–Trinajstić information content (AvgIpc) is 3.52. The maximum Gasteiger partial charge on any atom is 0.147 e. The molecule has 0 amide bonds. The van der Waals surface area contributed by atoms with Crippen LogP contribution in [0.15, 0.2) is 97.1 Å². The summed E-state index contributed by atoms with van der Waals surface area (Å²) in [6, 6.07) is 33.7. The molecule has 0 bridgehead atoms. The molecule has 0 fully saturated rings. The van der Waals surface area contributed by atoms with Crippen molar-refractivity contribution in [3.63, 3.8) is 0 Å². The highest BCUT2D eigenvalue weighted by molar-refractivity contribution is 5.79. The molecule has 0 spiro atoms. The Morgan fingerprint density at radius 2 is 1.03 bits per heavy atom. The van der Waals surface area contributed by atoms with Crippen LogP contribution in [0.2, 0.25) is 0 Å². The summed E-state index contributed by atoms with van der Waals surface area (Å²) >= 11 is 0. The molecule has 1 N–H and O–H groups in total. The van der Waals surface area contributed by atoms with Crippen LogP contribution < -0.4 is 0 Å². The van der Waals surface area contributed by atoms with Gasteiger partial charge in [0.05, 0.1) is 0 Å². The predicted octanol–water partition coefficient (Wildman–Crippen LogP) is 6.78. The normalized spacial score (nSPS) is 12.8. The van der Waals surface area contributed by atoms with Gasteiger partial charge in [0.1, 0.15) is 22.5 Å². The van der Waals surface area contributed by atoms with Crippen LogP contribution in [-0.4, -0.2) is 19.2 Å². The number of phenols is 1. The van der Waals surface area contributed by atoms with Crippen LogP contribution in [0.4, 0.5) is 0 Å². The zero-order chi connectivity index (χ0) is 23.7. The minimum absolute atomic E-state index is 0.238. The Morgan fingerprint density at radius 3 is 1.56 bits per heavy atom. The largest absolute Gasteiger partial charge is 0.505 e. The SMILES string of the molecule is CC(C)(c1ccccc1)c1cc(-n2n3c4ccccc4n23)c(O)c(C(C)(C)c2ccccc2)c1. The van der Waals surface area contributed by atoms with Gasteiger partial charge in [0, 0.05) is 16.4 Å². The third-order valence-corrected chi connectivity index (χ3v) is 7.51. The molecule has 0 saturated carbocycles. The van der Waals surface area contributed by atoms with E-state index in [9.17, 15) is 5.11 Å². The van der Waals surface area contributed by atoms with Gasteiger partial charge in [0.2, 0.25) is 0 Å². The molecular weight excluding hydrogens is 418 g/mol. The van der Waals surface area contributed by atoms with Crippen LogP contribution in [0.5, 0.6) is 5.75 Å². The molecule has 0 aliphatic rings. The van der Waals surface area contributed by atoms with Gasteiger partial charge in [-0.3, -0.25) is 0 Å². The summed E-state index contributed by atoms with van der Waals surface area (Å²) < 4.78 is 4.20. The molecule has 0 unspecified atom stereocenters. The van der Waals surface area contributed by atoms with Crippen molar-refractivity contribution < 1.29 is 5.11 Å². The van der Waals surface area contributed by atoms with Crippen molar-refractivity contribution in [3.05, 3.63) is 119 Å². The van der Waals surface area contributed by atoms with Gasteiger partial charge in [-0.15, -0.1) is 14.1 Å². The number of nitrogens with zero attached hydrogens (tertiary/aromatic N) is 3. The van der Waals surface area contributed by atoms with Gasteiger partial charge in [0.15, 0.2) is 0 Å². The van der Waals surface area contributed by atoms with Crippen molar-refractivity contribution in [2.75, 3.05) is 0 Å². The van der Waals surface area contributed by atoms with Crippen molar-refractivity contribution >= 4 is 11.0 Å². The molecule has 4 heteroatoms. The molecule has 2 aromatic heterocycles. The monoisotopic (exact) mass is 447 g/mol. The van der Waals surface area contributed by atoms with Gasteiger partial charge in [-0.2, -0.15) is 0 Å². The standard InChI is InChI=1S/C30H29N3O/c1-29(2,21-13-7-5-8-14-21)23-19-24(30(3,4)22-15-9-6-10-16-22)28(34)27(20-23)33-31-25-17-11-12-18-26(25)32(31)33/h5-20,34H,1-4H3. The van der Waals surface area contributed by atoms with E-state index in [2.05, 4.69) is 121 Å². The minimum Gasteiger partial charge on any atom is -0.505 e. The van der Waals surface area contributed by atoms with Crippen LogP contribution in [-0.2, 0) is 10.8 Å². The Labute approximate surface area is 199 Å². The first-order valence-corrected chi connectivity index (χ1v) is 11.8. The molecule has 34 heavy (non-hydrogen) atoms. The predicted molar refractivity (Wildman–Crippen MR) is 138 cm³/mol. The Balaban J connectivity index is 1.61. The number of hydrogen-bond donors (Lipinski definition) is 1. The Morgan fingerprint density at radius 1 is 0.559 bits per heavy atom. The fourth-order valence-corrected chi connectivity index (χ4v) is 5.14. The average molecular weight is 448 g/mol. The lowest BCUT2D eigenvalue weighted by Gasteiger charge is -2.32. The van der Waals surface area contributed by atoms with Crippen molar-refractivity contribution in [2.24, 2.45) is 0 Å². The number of para-hydroxylation sites is 2. The summed E-state index contributed by atoms with van der Waals surface area (Å²) in [6.45, 7) is 8.88. The highest BCUT2D eigenvalue weighted by atomic mass is 16.3. The number of fused-ring (bicyclic) bond motifs is 4. The molecule has 2 heterocycles. The van der Waals surface area contributed by atoms with Gasteiger partial charge >= 0.3 is 0 Å². The molecule has 4 nitrogen and oxygen atoms in total. The van der Waals surface area contributed by atoms with Crippen molar-refractivity contribution in [1.82, 2.24) is 14.1 Å². The quantitative estimate of drug-likeness (QED) is 0.311. The first-order valence-electron chi connectivity index (χ1n) is 11.8. The van der Waals surface area contributed by atoms with Crippen molar-refractivity contribution in [3.8, 4) is 11.4 Å². The van der Waals surface area contributed by atoms with Crippen LogP contribution in [0.1, 0.15) is 49.9 Å². The van der Waals surface area contributed by atoms with E-state index in [1.54, 1.807) is 0 Å². The summed E-state index contributed by atoms with van der Waals surface area (Å²) in [5.41, 5.74) is 6.99. The highest BCUT2D eigenvalue weighted by Gasteiger charge is 2.35. The zero-order valence-electron chi connectivity index (χ0n) is 20.0. The maximum absolute atomic E-state index is 11.7. The summed E-state index contributed by atoms with van der Waals surface area (Å²) in [4.78, 5) is 2.06. The van der Waals surface area contributed by atoms with Crippen molar-refractivity contribution in [1.29, 1.82) is 0 Å². The Hall–Kier alpha value is -3.92. The number of benzene rings is 4. The third kappa shape index (κ3) is 2.84. The van der Waals surface area contributed by atoms with Gasteiger partial charge in [0.25, 0.3) is 0 Å². The number of phenolic OH excluding ortho intramolecular Hbond substituents is 1. The molecule has 4 aromatic carbocycles. The highest BCUT2D eigenvalue weighted by Crippen LogP contribution is 2.45. The lowest BCUT2D eigenvalue weighted by molar-refractivity contribution is 0.448. The van der Waals surface area contributed by atoms with E-state index in [-0.39, 0.29) is 10.8 Å². The maximum atomic E-state index is 11.7. The first-order chi connectivity index (χ1) is 16.3. The molecule has 170 valence electrons. The number of rotatable bonds is 5. The van der Waals surface area contributed by atoms with Crippen LogP contribution in [0, 0.1) is 0 Å². The minimum atomic E-state index is -0.380. The Bertz CT molecular complexity index is 1560. The number of hydrogen-bond acceptors (Lipinski definition) is 1. The fraction of sp³-hybridized carbons (Fsp3) is 0.200. The van der Waals surface area contributed by atoms with E-state index >= 15 is 0 Å². The summed E-state index contributed by atoms with van der Waals surface area (Å²) in [7, 11) is 0. The Kier molecular flexibility index (Phi) is 4.28. The molecule has 6 rings (SSSR count). The van der Waals surface area contributed by atoms with Gasteiger partial charge in [-0.25, -0.2) is 0 Å². The molecule has 0 saturated heterocycles. The first kappa shape index (κ1) is 20.7. The van der Waals surface area contributed by atoms with E-state index in [4.69, 9.17) is 0 Å². The molecular formula is C30H29N3O. The molecule has 0 aliphatic heterocycles. The summed E-state index contributed by atoms with van der Waals surface area (Å²) in [5.74, 6) is 0.321. The smallest absolute Gasteiger partial charge is 0.147 e. The van der Waals surface area contributed by atoms with Gasteiger partial charge in [-0.1, -0.05) is 107 Å². The van der Waals surface area contributed by atoms with E-state index in [0.717, 1.165) is 22.3 Å². The van der Waals surface area contributed by atoms with Crippen LogP contribution in [0.25, 0.3) is 16.7 Å². The molecule has 0 radical (unpaired) electrons. The lowest BCUT2D eigenvalue weighted by atomic mass is 9.72. The van der Waals surface area contributed by atoms with E-state index in [1.165, 1.54) is 16.7 Å².